The Bertz CT molecular complexity index is 1210. The number of nitrogens with one attached hydrogen (secondary N) is 2. The lowest BCUT2D eigenvalue weighted by molar-refractivity contribution is 0.577. The third kappa shape index (κ3) is 3.63. The summed E-state index contributed by atoms with van der Waals surface area (Å²) in [6.45, 7) is 0. The summed E-state index contributed by atoms with van der Waals surface area (Å²) in [4.78, 5) is 0. The smallest absolute Gasteiger partial charge is 0.171 e. The van der Waals surface area contributed by atoms with Crippen LogP contribution in [0.1, 0.15) is 17.2 Å². The summed E-state index contributed by atoms with van der Waals surface area (Å²) in [5.41, 5.74) is 4.61. The van der Waals surface area contributed by atoms with Crippen molar-refractivity contribution in [3.63, 3.8) is 0 Å². The first-order valence-corrected chi connectivity index (χ1v) is 10.2. The fourth-order valence-corrected chi connectivity index (χ4v) is 3.81. The minimum Gasteiger partial charge on any atom is -0.463 e. The fraction of sp³-hybridized carbons (Fsp3) is 0.0435. The summed E-state index contributed by atoms with van der Waals surface area (Å²) < 4.78 is 7.52. The van der Waals surface area contributed by atoms with E-state index < -0.39 is 0 Å². The SMILES string of the molecule is S=C1NC(c2ccc(Cl)cc2)=C[C@@H](c2cn(-c3ccccc3)nc2-c2ccco2)N1. The normalized spacial score (nSPS) is 16.0. The number of aromatic nitrogens is 2. The molecule has 0 bridgehead atoms. The van der Waals surface area contributed by atoms with E-state index in [4.69, 9.17) is 33.3 Å². The van der Waals surface area contributed by atoms with E-state index in [-0.39, 0.29) is 6.04 Å². The van der Waals surface area contributed by atoms with Crippen LogP contribution < -0.4 is 10.6 Å². The van der Waals surface area contributed by atoms with Crippen LogP contribution in [-0.4, -0.2) is 14.9 Å². The molecule has 0 radical (unpaired) electrons. The molecule has 0 amide bonds. The Balaban J connectivity index is 1.61. The van der Waals surface area contributed by atoms with Gasteiger partial charge in [-0.25, -0.2) is 4.68 Å². The summed E-state index contributed by atoms with van der Waals surface area (Å²) in [7, 11) is 0. The molecule has 0 saturated carbocycles. The van der Waals surface area contributed by atoms with E-state index in [0.29, 0.717) is 15.9 Å². The van der Waals surface area contributed by atoms with Gasteiger partial charge in [-0.1, -0.05) is 41.9 Å². The molecule has 2 aromatic carbocycles. The molecular weight excluding hydrogens is 416 g/mol. The second kappa shape index (κ2) is 7.82. The topological polar surface area (TPSA) is 55.0 Å². The zero-order chi connectivity index (χ0) is 20.5. The molecule has 1 aliphatic rings. The number of benzene rings is 2. The first kappa shape index (κ1) is 18.7. The highest BCUT2D eigenvalue weighted by molar-refractivity contribution is 7.80. The lowest BCUT2D eigenvalue weighted by Gasteiger charge is -2.26. The highest BCUT2D eigenvalue weighted by Gasteiger charge is 2.25. The third-order valence-corrected chi connectivity index (χ3v) is 5.35. The molecule has 3 heterocycles. The minimum atomic E-state index is -0.179. The quantitative estimate of drug-likeness (QED) is 0.426. The molecule has 5 rings (SSSR count). The zero-order valence-electron chi connectivity index (χ0n) is 15.7. The average Bonchev–Trinajstić information content (AvgIpc) is 3.44. The van der Waals surface area contributed by atoms with Crippen molar-refractivity contribution in [1.82, 2.24) is 20.4 Å². The van der Waals surface area contributed by atoms with Crippen LogP contribution in [0.15, 0.2) is 89.7 Å². The highest BCUT2D eigenvalue weighted by Crippen LogP contribution is 2.32. The van der Waals surface area contributed by atoms with Gasteiger partial charge in [-0.3, -0.25) is 0 Å². The van der Waals surface area contributed by atoms with Gasteiger partial charge >= 0.3 is 0 Å². The van der Waals surface area contributed by atoms with Crippen LogP contribution in [0.5, 0.6) is 0 Å². The number of halogens is 1. The lowest BCUT2D eigenvalue weighted by atomic mass is 10.0. The zero-order valence-corrected chi connectivity index (χ0v) is 17.3. The number of rotatable bonds is 4. The lowest BCUT2D eigenvalue weighted by Crippen LogP contribution is -2.40. The van der Waals surface area contributed by atoms with Crippen LogP contribution in [-0.2, 0) is 0 Å². The number of hydrogen-bond donors (Lipinski definition) is 2. The van der Waals surface area contributed by atoms with Crippen molar-refractivity contribution < 1.29 is 4.42 Å². The molecule has 5 nitrogen and oxygen atoms in total. The molecule has 7 heteroatoms. The van der Waals surface area contributed by atoms with E-state index in [1.165, 1.54) is 0 Å². The van der Waals surface area contributed by atoms with E-state index in [0.717, 1.165) is 28.2 Å². The number of thiocarbonyl (C=S) groups is 1. The van der Waals surface area contributed by atoms with E-state index in [1.54, 1.807) is 6.26 Å². The molecule has 1 atom stereocenters. The van der Waals surface area contributed by atoms with Crippen LogP contribution in [0.25, 0.3) is 22.8 Å². The van der Waals surface area contributed by atoms with E-state index in [9.17, 15) is 0 Å². The maximum Gasteiger partial charge on any atom is 0.171 e. The molecular formula is C23H17ClN4OS. The van der Waals surface area contributed by atoms with Crippen LogP contribution in [0.2, 0.25) is 5.02 Å². The van der Waals surface area contributed by atoms with E-state index in [2.05, 4.69) is 16.7 Å². The molecule has 1 aliphatic heterocycles. The van der Waals surface area contributed by atoms with Gasteiger partial charge in [-0.05, 0) is 60.3 Å². The molecule has 0 fully saturated rings. The van der Waals surface area contributed by atoms with Crippen LogP contribution >= 0.6 is 23.8 Å². The molecule has 2 N–H and O–H groups in total. The first-order chi connectivity index (χ1) is 14.7. The third-order valence-electron chi connectivity index (χ3n) is 4.88. The van der Waals surface area contributed by atoms with Crippen molar-refractivity contribution in [2.45, 2.75) is 6.04 Å². The second-order valence-corrected chi connectivity index (χ2v) is 7.70. The monoisotopic (exact) mass is 432 g/mol. The van der Waals surface area contributed by atoms with Crippen molar-refractivity contribution >= 4 is 34.6 Å². The van der Waals surface area contributed by atoms with Gasteiger partial charge in [0.25, 0.3) is 0 Å². The van der Waals surface area contributed by atoms with E-state index >= 15 is 0 Å². The second-order valence-electron chi connectivity index (χ2n) is 6.85. The average molecular weight is 433 g/mol. The van der Waals surface area contributed by atoms with Gasteiger partial charge < -0.3 is 15.1 Å². The van der Waals surface area contributed by atoms with Crippen LogP contribution in [0, 0.1) is 0 Å². The van der Waals surface area contributed by atoms with Gasteiger partial charge in [0.15, 0.2) is 10.9 Å². The van der Waals surface area contributed by atoms with E-state index in [1.807, 2.05) is 77.6 Å². The van der Waals surface area contributed by atoms with Crippen LogP contribution in [0.3, 0.4) is 0 Å². The predicted molar refractivity (Wildman–Crippen MR) is 122 cm³/mol. The Morgan fingerprint density at radius 2 is 1.80 bits per heavy atom. The van der Waals surface area contributed by atoms with Crippen molar-refractivity contribution in [1.29, 1.82) is 0 Å². The molecule has 4 aromatic rings. The first-order valence-electron chi connectivity index (χ1n) is 9.41. The molecule has 148 valence electrons. The van der Waals surface area contributed by atoms with Gasteiger partial charge in [0, 0.05) is 22.5 Å². The summed E-state index contributed by atoms with van der Waals surface area (Å²) >= 11 is 11.5. The van der Waals surface area contributed by atoms with Gasteiger partial charge in [-0.2, -0.15) is 5.10 Å². The van der Waals surface area contributed by atoms with Crippen molar-refractivity contribution in [3.8, 4) is 17.1 Å². The van der Waals surface area contributed by atoms with Gasteiger partial charge in [0.2, 0.25) is 0 Å². The maximum absolute atomic E-state index is 6.04. The number of para-hydroxylation sites is 1. The van der Waals surface area contributed by atoms with Gasteiger partial charge in [0.05, 0.1) is 18.0 Å². The fourth-order valence-electron chi connectivity index (χ4n) is 3.45. The Morgan fingerprint density at radius 3 is 2.53 bits per heavy atom. The predicted octanol–water partition coefficient (Wildman–Crippen LogP) is 5.35. The maximum atomic E-state index is 6.04. The Kier molecular flexibility index (Phi) is 4.86. The van der Waals surface area contributed by atoms with Crippen molar-refractivity contribution in [2.75, 3.05) is 0 Å². The summed E-state index contributed by atoms with van der Waals surface area (Å²) in [5.74, 6) is 0.701. The van der Waals surface area contributed by atoms with Crippen molar-refractivity contribution in [2.24, 2.45) is 0 Å². The molecule has 2 aromatic heterocycles. The van der Waals surface area contributed by atoms with Gasteiger partial charge in [0.1, 0.15) is 5.69 Å². The summed E-state index contributed by atoms with van der Waals surface area (Å²) in [6, 6.07) is 21.2. The molecule has 0 unspecified atom stereocenters. The molecule has 0 aliphatic carbocycles. The summed E-state index contributed by atoms with van der Waals surface area (Å²) in [5, 5.41) is 12.6. The summed E-state index contributed by atoms with van der Waals surface area (Å²) in [6.07, 6.45) is 5.75. The number of furan rings is 1. The minimum absolute atomic E-state index is 0.179. The standard InChI is InChI=1S/C23H17ClN4OS/c24-16-10-8-15(9-11-16)19-13-20(26-23(30)25-19)18-14-28(17-5-2-1-3-6-17)27-22(18)21-7-4-12-29-21/h1-14,20H,(H2,25,26,30)/t20-/m0/s1. The Hall–Kier alpha value is -3.35. The number of nitrogens with zero attached hydrogens (tertiary/aromatic N) is 2. The molecule has 30 heavy (non-hydrogen) atoms. The largest absolute Gasteiger partial charge is 0.463 e. The highest BCUT2D eigenvalue weighted by atomic mass is 35.5. The molecule has 0 spiro atoms. The van der Waals surface area contributed by atoms with Gasteiger partial charge in [-0.15, -0.1) is 0 Å². The number of hydrogen-bond acceptors (Lipinski definition) is 3. The molecule has 0 saturated heterocycles. The van der Waals surface area contributed by atoms with Crippen LogP contribution in [0.4, 0.5) is 0 Å². The Labute approximate surface area is 184 Å². The Morgan fingerprint density at radius 1 is 1.00 bits per heavy atom. The van der Waals surface area contributed by atoms with Crippen molar-refractivity contribution in [3.05, 3.63) is 101 Å².